The molecule has 0 aromatic heterocycles. The molecule has 0 saturated carbocycles. The van der Waals surface area contributed by atoms with Crippen molar-refractivity contribution in [2.45, 2.75) is 49.2 Å². The molecule has 1 aromatic carbocycles. The number of unbranched alkanes of at least 4 members (excludes halogenated alkanes) is 3. The summed E-state index contributed by atoms with van der Waals surface area (Å²) in [6.07, 6.45) is 3.58. The number of carboxylic acids is 1. The van der Waals surface area contributed by atoms with Crippen molar-refractivity contribution >= 4 is 15.8 Å². The number of aliphatic carboxylic acids is 1. The lowest BCUT2D eigenvalue weighted by Crippen LogP contribution is -2.30. The fourth-order valence-electron chi connectivity index (χ4n) is 2.10. The lowest BCUT2D eigenvalue weighted by molar-refractivity contribution is -0.136. The standard InChI is InChI=1S/C15H22O5S/c1-3-4-5-6-7-14(15(16)17)21(18,19)13-10-8-12(20-2)9-11-13/h8-11,14H,3-7H2,1-2H3,(H,16,17). The average Bonchev–Trinajstić information content (AvgIpc) is 2.46. The summed E-state index contributed by atoms with van der Waals surface area (Å²) >= 11 is 0. The summed E-state index contributed by atoms with van der Waals surface area (Å²) in [6, 6.07) is 5.80. The molecule has 0 saturated heterocycles. The van der Waals surface area contributed by atoms with Gasteiger partial charge in [-0.05, 0) is 30.7 Å². The van der Waals surface area contributed by atoms with Gasteiger partial charge in [0.1, 0.15) is 5.75 Å². The number of ether oxygens (including phenoxy) is 1. The van der Waals surface area contributed by atoms with E-state index in [2.05, 4.69) is 0 Å². The molecule has 0 aliphatic heterocycles. The van der Waals surface area contributed by atoms with Crippen molar-refractivity contribution in [2.24, 2.45) is 0 Å². The second-order valence-electron chi connectivity index (χ2n) is 4.90. The van der Waals surface area contributed by atoms with Crippen LogP contribution in [0.3, 0.4) is 0 Å². The molecule has 6 heteroatoms. The fraction of sp³-hybridized carbons (Fsp3) is 0.533. The predicted octanol–water partition coefficient (Wildman–Crippen LogP) is 2.89. The number of hydrogen-bond donors (Lipinski definition) is 1. The Labute approximate surface area is 125 Å². The van der Waals surface area contributed by atoms with Crippen LogP contribution in [-0.4, -0.2) is 31.9 Å². The summed E-state index contributed by atoms with van der Waals surface area (Å²) < 4.78 is 29.8. The van der Waals surface area contributed by atoms with E-state index in [1.165, 1.54) is 31.4 Å². The van der Waals surface area contributed by atoms with Gasteiger partial charge in [-0.3, -0.25) is 4.79 Å². The van der Waals surface area contributed by atoms with Crippen LogP contribution in [0.25, 0.3) is 0 Å². The van der Waals surface area contributed by atoms with Gasteiger partial charge in [0.05, 0.1) is 12.0 Å². The van der Waals surface area contributed by atoms with Crippen LogP contribution in [0.2, 0.25) is 0 Å². The summed E-state index contributed by atoms with van der Waals surface area (Å²) in [4.78, 5) is 11.3. The van der Waals surface area contributed by atoms with E-state index < -0.39 is 21.1 Å². The molecule has 0 aliphatic carbocycles. The van der Waals surface area contributed by atoms with Gasteiger partial charge in [0.2, 0.25) is 0 Å². The molecular formula is C15H22O5S. The highest BCUT2D eigenvalue weighted by Gasteiger charge is 2.33. The maximum Gasteiger partial charge on any atom is 0.322 e. The minimum atomic E-state index is -3.87. The third-order valence-electron chi connectivity index (χ3n) is 3.36. The molecule has 0 radical (unpaired) electrons. The third kappa shape index (κ3) is 4.74. The number of sulfone groups is 1. The molecule has 0 amide bonds. The summed E-state index contributed by atoms with van der Waals surface area (Å²) in [6.45, 7) is 2.04. The molecule has 1 rings (SSSR count). The second kappa shape index (κ2) is 8.02. The number of rotatable bonds is 9. The van der Waals surface area contributed by atoms with Gasteiger partial charge >= 0.3 is 5.97 Å². The summed E-state index contributed by atoms with van der Waals surface area (Å²) in [5.74, 6) is -0.758. The lowest BCUT2D eigenvalue weighted by Gasteiger charge is -2.14. The Bertz CT molecular complexity index is 548. The Morgan fingerprint density at radius 3 is 2.29 bits per heavy atom. The summed E-state index contributed by atoms with van der Waals surface area (Å²) in [7, 11) is -2.38. The van der Waals surface area contributed by atoms with Gasteiger partial charge in [-0.1, -0.05) is 32.6 Å². The van der Waals surface area contributed by atoms with E-state index >= 15 is 0 Å². The smallest absolute Gasteiger partial charge is 0.322 e. The molecule has 1 unspecified atom stereocenters. The van der Waals surface area contributed by atoms with Crippen molar-refractivity contribution in [2.75, 3.05) is 7.11 Å². The highest BCUT2D eigenvalue weighted by Crippen LogP contribution is 2.23. The number of carbonyl (C=O) groups is 1. The highest BCUT2D eigenvalue weighted by atomic mass is 32.2. The van der Waals surface area contributed by atoms with E-state index in [-0.39, 0.29) is 11.3 Å². The second-order valence-corrected chi connectivity index (χ2v) is 7.03. The zero-order chi connectivity index (χ0) is 15.9. The molecule has 1 aromatic rings. The molecule has 0 bridgehead atoms. The van der Waals surface area contributed by atoms with Crippen molar-refractivity contribution in [1.29, 1.82) is 0 Å². The van der Waals surface area contributed by atoms with Crippen LogP contribution < -0.4 is 4.74 Å². The molecular weight excluding hydrogens is 292 g/mol. The first kappa shape index (κ1) is 17.5. The average molecular weight is 314 g/mol. The van der Waals surface area contributed by atoms with E-state index in [9.17, 15) is 18.3 Å². The van der Waals surface area contributed by atoms with Crippen LogP contribution in [0, 0.1) is 0 Å². The van der Waals surface area contributed by atoms with Gasteiger partial charge in [0.25, 0.3) is 0 Å². The highest BCUT2D eigenvalue weighted by molar-refractivity contribution is 7.92. The van der Waals surface area contributed by atoms with Crippen molar-refractivity contribution < 1.29 is 23.1 Å². The van der Waals surface area contributed by atoms with Gasteiger partial charge in [-0.25, -0.2) is 8.42 Å². The van der Waals surface area contributed by atoms with Crippen molar-refractivity contribution in [3.8, 4) is 5.75 Å². The largest absolute Gasteiger partial charge is 0.497 e. The van der Waals surface area contributed by atoms with E-state index in [0.29, 0.717) is 12.2 Å². The first-order chi connectivity index (χ1) is 9.93. The molecule has 0 spiro atoms. The quantitative estimate of drug-likeness (QED) is 0.709. The Hall–Kier alpha value is -1.56. The molecule has 118 valence electrons. The maximum absolute atomic E-state index is 12.4. The van der Waals surface area contributed by atoms with Crippen molar-refractivity contribution in [3.63, 3.8) is 0 Å². The van der Waals surface area contributed by atoms with Crippen molar-refractivity contribution in [3.05, 3.63) is 24.3 Å². The van der Waals surface area contributed by atoms with E-state index in [1.807, 2.05) is 6.92 Å². The third-order valence-corrected chi connectivity index (χ3v) is 5.47. The monoisotopic (exact) mass is 314 g/mol. The molecule has 5 nitrogen and oxygen atoms in total. The minimum absolute atomic E-state index is 0.0196. The first-order valence-electron chi connectivity index (χ1n) is 7.04. The number of methoxy groups -OCH3 is 1. The SMILES string of the molecule is CCCCCCC(C(=O)O)S(=O)(=O)c1ccc(OC)cc1. The fourth-order valence-corrected chi connectivity index (χ4v) is 3.68. The van der Waals surface area contributed by atoms with E-state index in [0.717, 1.165) is 19.3 Å². The van der Waals surface area contributed by atoms with Crippen LogP contribution >= 0.6 is 0 Å². The zero-order valence-corrected chi connectivity index (χ0v) is 13.2. The summed E-state index contributed by atoms with van der Waals surface area (Å²) in [5, 5.41) is 7.84. The molecule has 0 fully saturated rings. The number of hydrogen-bond acceptors (Lipinski definition) is 4. The Balaban J connectivity index is 2.90. The van der Waals surface area contributed by atoms with Gasteiger partial charge in [-0.15, -0.1) is 0 Å². The Kier molecular flexibility index (Phi) is 6.68. The van der Waals surface area contributed by atoms with Gasteiger partial charge in [-0.2, -0.15) is 0 Å². The molecule has 0 heterocycles. The van der Waals surface area contributed by atoms with Crippen LogP contribution in [0.15, 0.2) is 29.2 Å². The first-order valence-corrected chi connectivity index (χ1v) is 8.58. The molecule has 1 atom stereocenters. The van der Waals surface area contributed by atoms with Gasteiger partial charge < -0.3 is 9.84 Å². The van der Waals surface area contributed by atoms with Crippen LogP contribution in [0.4, 0.5) is 0 Å². The number of benzene rings is 1. The predicted molar refractivity (Wildman–Crippen MR) is 80.4 cm³/mol. The van der Waals surface area contributed by atoms with Crippen LogP contribution in [0.5, 0.6) is 5.75 Å². The Morgan fingerprint density at radius 1 is 1.19 bits per heavy atom. The number of carboxylic acid groups (broad SMARTS) is 1. The van der Waals surface area contributed by atoms with Crippen molar-refractivity contribution in [1.82, 2.24) is 0 Å². The van der Waals surface area contributed by atoms with Crippen LogP contribution in [-0.2, 0) is 14.6 Å². The molecule has 0 aliphatic rings. The Morgan fingerprint density at radius 2 is 1.81 bits per heavy atom. The molecule has 21 heavy (non-hydrogen) atoms. The normalized spacial score (nSPS) is 12.9. The van der Waals surface area contributed by atoms with Crippen LogP contribution in [0.1, 0.15) is 39.0 Å². The zero-order valence-electron chi connectivity index (χ0n) is 12.4. The maximum atomic E-state index is 12.4. The van der Waals surface area contributed by atoms with Gasteiger partial charge in [0.15, 0.2) is 15.1 Å². The lowest BCUT2D eigenvalue weighted by atomic mass is 10.1. The summed E-state index contributed by atoms with van der Waals surface area (Å²) in [5.41, 5.74) is 0. The molecule has 1 N–H and O–H groups in total. The topological polar surface area (TPSA) is 80.7 Å². The van der Waals surface area contributed by atoms with E-state index in [1.54, 1.807) is 0 Å². The van der Waals surface area contributed by atoms with Gasteiger partial charge in [0, 0.05) is 0 Å². The minimum Gasteiger partial charge on any atom is -0.497 e. The van der Waals surface area contributed by atoms with E-state index in [4.69, 9.17) is 4.74 Å².